The summed E-state index contributed by atoms with van der Waals surface area (Å²) in [4.78, 5) is 22.5. The van der Waals surface area contributed by atoms with Crippen molar-refractivity contribution in [3.05, 3.63) is 63.6 Å². The van der Waals surface area contributed by atoms with Crippen molar-refractivity contribution < 1.29 is 19.2 Å². The Labute approximate surface area is 126 Å². The van der Waals surface area contributed by atoms with Gasteiger partial charge in [0.05, 0.1) is 24.2 Å². The molecule has 1 heterocycles. The Balaban J connectivity index is 2.09. The molecule has 0 aliphatic rings. The fourth-order valence-electron chi connectivity index (χ4n) is 2.17. The highest BCUT2D eigenvalue weighted by atomic mass is 16.6. The number of aliphatic hydroxyl groups is 1. The number of nitrogens with one attached hydrogen (secondary N) is 1. The number of furan rings is 1. The molecule has 2 rings (SSSR count). The third kappa shape index (κ3) is 3.50. The lowest BCUT2D eigenvalue weighted by Gasteiger charge is -2.14. The van der Waals surface area contributed by atoms with Gasteiger partial charge in [-0.25, -0.2) is 0 Å². The highest BCUT2D eigenvalue weighted by Gasteiger charge is 2.19. The van der Waals surface area contributed by atoms with Gasteiger partial charge in [0.2, 0.25) is 5.91 Å². The lowest BCUT2D eigenvalue weighted by molar-refractivity contribution is -0.385. The normalized spacial score (nSPS) is 11.9. The molecule has 7 heteroatoms. The molecule has 1 atom stereocenters. The Morgan fingerprint density at radius 3 is 2.77 bits per heavy atom. The Bertz CT molecular complexity index is 667. The van der Waals surface area contributed by atoms with E-state index in [0.29, 0.717) is 16.9 Å². The Hall–Kier alpha value is -2.67. The predicted octanol–water partition coefficient (Wildman–Crippen LogP) is 1.89. The topological polar surface area (TPSA) is 106 Å². The molecule has 0 radical (unpaired) electrons. The van der Waals surface area contributed by atoms with E-state index < -0.39 is 11.0 Å². The largest absolute Gasteiger partial charge is 0.467 e. The van der Waals surface area contributed by atoms with E-state index in [1.165, 1.54) is 12.3 Å². The minimum absolute atomic E-state index is 0.00920. The van der Waals surface area contributed by atoms with E-state index in [-0.39, 0.29) is 24.6 Å². The van der Waals surface area contributed by atoms with Crippen LogP contribution in [0.3, 0.4) is 0 Å². The first-order valence-electron chi connectivity index (χ1n) is 6.69. The van der Waals surface area contributed by atoms with Crippen LogP contribution in [-0.4, -0.2) is 22.5 Å². The molecule has 0 fully saturated rings. The van der Waals surface area contributed by atoms with E-state index in [9.17, 15) is 20.0 Å². The van der Waals surface area contributed by atoms with E-state index in [1.54, 1.807) is 31.2 Å². The van der Waals surface area contributed by atoms with Crippen LogP contribution in [0.4, 0.5) is 5.69 Å². The number of aliphatic hydroxyl groups excluding tert-OH is 1. The summed E-state index contributed by atoms with van der Waals surface area (Å²) in [7, 11) is 0. The number of rotatable bonds is 6. The van der Waals surface area contributed by atoms with E-state index >= 15 is 0 Å². The number of amides is 1. The zero-order chi connectivity index (χ0) is 16.1. The summed E-state index contributed by atoms with van der Waals surface area (Å²) in [6.07, 6.45) is 1.44. The third-order valence-corrected chi connectivity index (χ3v) is 3.37. The van der Waals surface area contributed by atoms with Crippen LogP contribution in [0.1, 0.15) is 22.9 Å². The molecule has 1 amide bonds. The van der Waals surface area contributed by atoms with Crippen LogP contribution in [0.25, 0.3) is 0 Å². The first-order chi connectivity index (χ1) is 10.5. The van der Waals surface area contributed by atoms with Crippen LogP contribution in [0, 0.1) is 17.0 Å². The number of nitro benzene ring substituents is 1. The van der Waals surface area contributed by atoms with Crippen molar-refractivity contribution in [1.82, 2.24) is 5.32 Å². The van der Waals surface area contributed by atoms with Gasteiger partial charge in [-0.15, -0.1) is 0 Å². The highest BCUT2D eigenvalue weighted by Crippen LogP contribution is 2.21. The van der Waals surface area contributed by atoms with Gasteiger partial charge in [0.25, 0.3) is 5.69 Å². The van der Waals surface area contributed by atoms with E-state index in [1.807, 2.05) is 0 Å². The molecular formula is C15H16N2O5. The Morgan fingerprint density at radius 2 is 2.18 bits per heavy atom. The maximum absolute atomic E-state index is 12.1. The number of carbonyl (C=O) groups excluding carboxylic acids is 1. The molecule has 0 saturated carbocycles. The van der Waals surface area contributed by atoms with Crippen molar-refractivity contribution in [3.63, 3.8) is 0 Å². The average molecular weight is 304 g/mol. The van der Waals surface area contributed by atoms with Gasteiger partial charge in [-0.1, -0.05) is 12.1 Å². The lowest BCUT2D eigenvalue weighted by Crippen LogP contribution is -2.31. The standard InChI is InChI=1S/C15H16N2O5/c1-10-11(4-2-5-13(10)17(20)21)8-15(19)16-12(9-18)14-6-3-7-22-14/h2-7,12,18H,8-9H2,1H3,(H,16,19). The zero-order valence-electron chi connectivity index (χ0n) is 12.0. The van der Waals surface area contributed by atoms with Crippen LogP contribution in [0.2, 0.25) is 0 Å². The number of carbonyl (C=O) groups is 1. The fourth-order valence-corrected chi connectivity index (χ4v) is 2.17. The molecule has 1 aromatic carbocycles. The minimum Gasteiger partial charge on any atom is -0.467 e. The third-order valence-electron chi connectivity index (χ3n) is 3.37. The second-order valence-electron chi connectivity index (χ2n) is 4.81. The quantitative estimate of drug-likeness (QED) is 0.626. The van der Waals surface area contributed by atoms with Crippen LogP contribution in [0.5, 0.6) is 0 Å². The number of benzene rings is 1. The lowest BCUT2D eigenvalue weighted by atomic mass is 10.0. The number of nitro groups is 1. The maximum atomic E-state index is 12.1. The van der Waals surface area contributed by atoms with Crippen LogP contribution in [-0.2, 0) is 11.2 Å². The second-order valence-corrected chi connectivity index (χ2v) is 4.81. The molecule has 0 saturated heterocycles. The summed E-state index contributed by atoms with van der Waals surface area (Å²) >= 11 is 0. The molecule has 0 aliphatic heterocycles. The molecule has 1 unspecified atom stereocenters. The van der Waals surface area contributed by atoms with E-state index in [0.717, 1.165) is 0 Å². The summed E-state index contributed by atoms with van der Waals surface area (Å²) in [5, 5.41) is 22.9. The second kappa shape index (κ2) is 6.86. The smallest absolute Gasteiger partial charge is 0.272 e. The van der Waals surface area contributed by atoms with Gasteiger partial charge < -0.3 is 14.8 Å². The average Bonchev–Trinajstić information content (AvgIpc) is 3.00. The van der Waals surface area contributed by atoms with Crippen molar-refractivity contribution in [1.29, 1.82) is 0 Å². The van der Waals surface area contributed by atoms with E-state index in [4.69, 9.17) is 4.42 Å². The van der Waals surface area contributed by atoms with Crippen molar-refractivity contribution in [2.24, 2.45) is 0 Å². The summed E-state index contributed by atoms with van der Waals surface area (Å²) in [5.74, 6) is 0.102. The summed E-state index contributed by atoms with van der Waals surface area (Å²) in [5.41, 5.74) is 1.01. The van der Waals surface area contributed by atoms with Crippen molar-refractivity contribution >= 4 is 11.6 Å². The molecule has 0 spiro atoms. The molecule has 1 aromatic heterocycles. The van der Waals surface area contributed by atoms with Crippen molar-refractivity contribution in [2.45, 2.75) is 19.4 Å². The fraction of sp³-hybridized carbons (Fsp3) is 0.267. The Kier molecular flexibility index (Phi) is 4.90. The van der Waals surface area contributed by atoms with Crippen LogP contribution in [0.15, 0.2) is 41.0 Å². The number of nitrogens with zero attached hydrogens (tertiary/aromatic N) is 1. The molecular weight excluding hydrogens is 288 g/mol. The van der Waals surface area contributed by atoms with Gasteiger partial charge in [-0.2, -0.15) is 0 Å². The minimum atomic E-state index is -0.637. The van der Waals surface area contributed by atoms with Crippen LogP contribution >= 0.6 is 0 Å². The van der Waals surface area contributed by atoms with Gasteiger partial charge >= 0.3 is 0 Å². The van der Waals surface area contributed by atoms with Gasteiger partial charge in [0, 0.05) is 11.6 Å². The van der Waals surface area contributed by atoms with Gasteiger partial charge in [-0.3, -0.25) is 14.9 Å². The molecule has 116 valence electrons. The molecule has 2 N–H and O–H groups in total. The predicted molar refractivity (Wildman–Crippen MR) is 78.2 cm³/mol. The number of hydrogen-bond donors (Lipinski definition) is 2. The molecule has 0 aliphatic carbocycles. The summed E-state index contributed by atoms with van der Waals surface area (Å²) < 4.78 is 5.15. The highest BCUT2D eigenvalue weighted by molar-refractivity contribution is 5.79. The Morgan fingerprint density at radius 1 is 1.41 bits per heavy atom. The van der Waals surface area contributed by atoms with Gasteiger partial charge in [0.1, 0.15) is 11.8 Å². The zero-order valence-corrected chi connectivity index (χ0v) is 12.0. The van der Waals surface area contributed by atoms with Gasteiger partial charge in [-0.05, 0) is 24.6 Å². The first kappa shape index (κ1) is 15.7. The number of hydrogen-bond acceptors (Lipinski definition) is 5. The van der Waals surface area contributed by atoms with E-state index in [2.05, 4.69) is 5.32 Å². The monoisotopic (exact) mass is 304 g/mol. The van der Waals surface area contributed by atoms with Crippen LogP contribution < -0.4 is 5.32 Å². The SMILES string of the molecule is Cc1c(CC(=O)NC(CO)c2ccco2)cccc1[N+](=O)[O-]. The summed E-state index contributed by atoms with van der Waals surface area (Å²) in [6, 6.07) is 7.29. The summed E-state index contributed by atoms with van der Waals surface area (Å²) in [6.45, 7) is 1.31. The molecule has 7 nitrogen and oxygen atoms in total. The van der Waals surface area contributed by atoms with Crippen molar-refractivity contribution in [2.75, 3.05) is 6.61 Å². The molecule has 22 heavy (non-hydrogen) atoms. The van der Waals surface area contributed by atoms with Gasteiger partial charge in [0.15, 0.2) is 0 Å². The molecule has 0 bridgehead atoms. The maximum Gasteiger partial charge on any atom is 0.272 e. The molecule has 2 aromatic rings. The first-order valence-corrected chi connectivity index (χ1v) is 6.69. The van der Waals surface area contributed by atoms with Crippen molar-refractivity contribution in [3.8, 4) is 0 Å².